The van der Waals surface area contributed by atoms with E-state index < -0.39 is 0 Å². The van der Waals surface area contributed by atoms with E-state index in [2.05, 4.69) is 26.1 Å². The van der Waals surface area contributed by atoms with Crippen molar-refractivity contribution in [2.45, 2.75) is 18.9 Å². The molecule has 0 radical (unpaired) electrons. The first kappa shape index (κ1) is 13.5. The van der Waals surface area contributed by atoms with Gasteiger partial charge in [0.05, 0.1) is 15.7 Å². The first-order chi connectivity index (χ1) is 8.11. The van der Waals surface area contributed by atoms with E-state index in [0.717, 1.165) is 29.7 Å². The lowest BCUT2D eigenvalue weighted by molar-refractivity contribution is 0.450. The molecule has 1 aromatic carbocycles. The van der Waals surface area contributed by atoms with E-state index in [9.17, 15) is 0 Å². The Labute approximate surface area is 120 Å². The molecule has 1 saturated heterocycles. The van der Waals surface area contributed by atoms with Crippen molar-refractivity contribution < 1.29 is 0 Å². The Morgan fingerprint density at radius 1 is 1.35 bits per heavy atom. The van der Waals surface area contributed by atoms with E-state index in [1.807, 2.05) is 19.2 Å². The second kappa shape index (κ2) is 5.79. The number of benzene rings is 1. The third-order valence-corrected chi connectivity index (χ3v) is 4.16. The van der Waals surface area contributed by atoms with Crippen LogP contribution in [0.15, 0.2) is 16.6 Å². The minimum absolute atomic E-state index is 0.513. The Kier molecular flexibility index (Phi) is 4.59. The normalized spacial score (nSPS) is 20.7. The quantitative estimate of drug-likeness (QED) is 0.879. The number of piperidine rings is 1. The van der Waals surface area contributed by atoms with E-state index in [1.54, 1.807) is 0 Å². The van der Waals surface area contributed by atoms with Crippen molar-refractivity contribution in [1.29, 1.82) is 0 Å². The fourth-order valence-corrected chi connectivity index (χ4v) is 3.70. The molecule has 1 fully saturated rings. The van der Waals surface area contributed by atoms with Crippen LogP contribution in [0.4, 0.5) is 5.69 Å². The molecule has 1 N–H and O–H groups in total. The number of nitrogens with one attached hydrogen (secondary N) is 1. The number of halogens is 3. The van der Waals surface area contributed by atoms with Gasteiger partial charge in [0.15, 0.2) is 0 Å². The lowest BCUT2D eigenvalue weighted by atomic mass is 10.1. The van der Waals surface area contributed by atoms with Crippen LogP contribution >= 0.6 is 39.1 Å². The summed E-state index contributed by atoms with van der Waals surface area (Å²) < 4.78 is 0.915. The van der Waals surface area contributed by atoms with Crippen molar-refractivity contribution in [3.63, 3.8) is 0 Å². The van der Waals surface area contributed by atoms with Gasteiger partial charge in [-0.2, -0.15) is 0 Å². The van der Waals surface area contributed by atoms with Crippen LogP contribution < -0.4 is 10.2 Å². The van der Waals surface area contributed by atoms with E-state index in [-0.39, 0.29) is 0 Å². The van der Waals surface area contributed by atoms with Crippen molar-refractivity contribution in [3.8, 4) is 0 Å². The molecule has 17 heavy (non-hydrogen) atoms. The SMILES string of the molecule is CNC1CCCN(c2c(Cl)cc(Br)cc2Cl)C1. The van der Waals surface area contributed by atoms with Gasteiger partial charge in [0.1, 0.15) is 0 Å². The minimum atomic E-state index is 0.513. The number of anilines is 1. The zero-order chi connectivity index (χ0) is 12.4. The predicted molar refractivity (Wildman–Crippen MR) is 78.5 cm³/mol. The third-order valence-electron chi connectivity index (χ3n) is 3.13. The Morgan fingerprint density at radius 3 is 2.59 bits per heavy atom. The lowest BCUT2D eigenvalue weighted by Crippen LogP contribution is -2.44. The molecule has 2 nitrogen and oxygen atoms in total. The van der Waals surface area contributed by atoms with Gasteiger partial charge in [-0.05, 0) is 32.0 Å². The number of likely N-dealkylation sites (N-methyl/N-ethyl adjacent to an activating group) is 1. The molecule has 0 bridgehead atoms. The summed E-state index contributed by atoms with van der Waals surface area (Å²) in [5, 5.41) is 4.74. The van der Waals surface area contributed by atoms with E-state index in [0.29, 0.717) is 16.1 Å². The van der Waals surface area contributed by atoms with Crippen LogP contribution in [-0.4, -0.2) is 26.2 Å². The van der Waals surface area contributed by atoms with Crippen molar-refractivity contribution in [2.24, 2.45) is 0 Å². The molecule has 5 heteroatoms. The van der Waals surface area contributed by atoms with Crippen LogP contribution in [0.2, 0.25) is 10.0 Å². The summed E-state index contributed by atoms with van der Waals surface area (Å²) in [4.78, 5) is 2.27. The molecule has 0 saturated carbocycles. The Bertz CT molecular complexity index is 388. The lowest BCUT2D eigenvalue weighted by Gasteiger charge is -2.35. The fourth-order valence-electron chi connectivity index (χ4n) is 2.25. The molecule has 1 aliphatic rings. The number of nitrogens with zero attached hydrogens (tertiary/aromatic N) is 1. The molecule has 1 aliphatic heterocycles. The van der Waals surface area contributed by atoms with Crippen molar-refractivity contribution >= 4 is 44.8 Å². The topological polar surface area (TPSA) is 15.3 Å². The number of rotatable bonds is 2. The summed E-state index contributed by atoms with van der Waals surface area (Å²) >= 11 is 16.0. The maximum atomic E-state index is 6.28. The first-order valence-electron chi connectivity index (χ1n) is 5.68. The molecular formula is C12H15BrCl2N2. The Balaban J connectivity index is 2.27. The number of hydrogen-bond donors (Lipinski definition) is 1. The van der Waals surface area contributed by atoms with Gasteiger partial charge in [-0.1, -0.05) is 39.1 Å². The molecule has 0 spiro atoms. The summed E-state index contributed by atoms with van der Waals surface area (Å²) in [5.41, 5.74) is 0.955. The summed E-state index contributed by atoms with van der Waals surface area (Å²) in [6.45, 7) is 1.97. The molecule has 1 aromatic rings. The fraction of sp³-hybridized carbons (Fsp3) is 0.500. The second-order valence-corrected chi connectivity index (χ2v) is 6.02. The van der Waals surface area contributed by atoms with Gasteiger partial charge in [-0.25, -0.2) is 0 Å². The van der Waals surface area contributed by atoms with Crippen LogP contribution in [0.5, 0.6) is 0 Å². The molecular weight excluding hydrogens is 323 g/mol. The van der Waals surface area contributed by atoms with Gasteiger partial charge in [-0.3, -0.25) is 0 Å². The molecule has 0 aliphatic carbocycles. The van der Waals surface area contributed by atoms with Crippen molar-refractivity contribution in [2.75, 3.05) is 25.0 Å². The van der Waals surface area contributed by atoms with Gasteiger partial charge >= 0.3 is 0 Å². The zero-order valence-electron chi connectivity index (χ0n) is 9.64. The molecule has 0 aromatic heterocycles. The molecule has 0 amide bonds. The predicted octanol–water partition coefficient (Wildman–Crippen LogP) is 3.94. The standard InChI is InChI=1S/C12H15BrCl2N2/c1-16-9-3-2-4-17(7-9)12-10(14)5-8(13)6-11(12)15/h5-6,9,16H,2-4,7H2,1H3. The third kappa shape index (κ3) is 3.08. The van der Waals surface area contributed by atoms with Gasteiger partial charge in [0.2, 0.25) is 0 Å². The minimum Gasteiger partial charge on any atom is -0.368 e. The number of hydrogen-bond acceptors (Lipinski definition) is 2. The zero-order valence-corrected chi connectivity index (χ0v) is 12.7. The monoisotopic (exact) mass is 336 g/mol. The molecule has 1 heterocycles. The van der Waals surface area contributed by atoms with Crippen LogP contribution in [0, 0.1) is 0 Å². The summed E-state index contributed by atoms with van der Waals surface area (Å²) in [6.07, 6.45) is 2.37. The highest BCUT2D eigenvalue weighted by molar-refractivity contribution is 9.10. The molecule has 94 valence electrons. The van der Waals surface area contributed by atoms with Crippen LogP contribution in [-0.2, 0) is 0 Å². The summed E-state index contributed by atoms with van der Waals surface area (Å²) in [6, 6.07) is 4.30. The second-order valence-electron chi connectivity index (χ2n) is 4.29. The van der Waals surface area contributed by atoms with Crippen LogP contribution in [0.1, 0.15) is 12.8 Å². The van der Waals surface area contributed by atoms with E-state index in [4.69, 9.17) is 23.2 Å². The van der Waals surface area contributed by atoms with Gasteiger partial charge < -0.3 is 10.2 Å². The first-order valence-corrected chi connectivity index (χ1v) is 7.23. The highest BCUT2D eigenvalue weighted by atomic mass is 79.9. The Morgan fingerprint density at radius 2 is 2.00 bits per heavy atom. The maximum absolute atomic E-state index is 6.28. The van der Waals surface area contributed by atoms with Crippen LogP contribution in [0.3, 0.4) is 0 Å². The van der Waals surface area contributed by atoms with Crippen molar-refractivity contribution in [3.05, 3.63) is 26.7 Å². The summed E-state index contributed by atoms with van der Waals surface area (Å²) in [5.74, 6) is 0. The average molecular weight is 338 g/mol. The Hall–Kier alpha value is 0.0400. The smallest absolute Gasteiger partial charge is 0.0746 e. The van der Waals surface area contributed by atoms with Crippen molar-refractivity contribution in [1.82, 2.24) is 5.32 Å². The highest BCUT2D eigenvalue weighted by Gasteiger charge is 2.22. The van der Waals surface area contributed by atoms with E-state index in [1.165, 1.54) is 6.42 Å². The van der Waals surface area contributed by atoms with Gasteiger partial charge in [0, 0.05) is 23.6 Å². The summed E-state index contributed by atoms with van der Waals surface area (Å²) in [7, 11) is 2.00. The largest absolute Gasteiger partial charge is 0.368 e. The maximum Gasteiger partial charge on any atom is 0.0746 e. The van der Waals surface area contributed by atoms with E-state index >= 15 is 0 Å². The van der Waals surface area contributed by atoms with Crippen LogP contribution in [0.25, 0.3) is 0 Å². The molecule has 1 unspecified atom stereocenters. The van der Waals surface area contributed by atoms with Gasteiger partial charge in [-0.15, -0.1) is 0 Å². The molecule has 2 rings (SSSR count). The molecule has 1 atom stereocenters. The average Bonchev–Trinajstić information content (AvgIpc) is 2.28. The highest BCUT2D eigenvalue weighted by Crippen LogP contribution is 2.37. The van der Waals surface area contributed by atoms with Gasteiger partial charge in [0.25, 0.3) is 0 Å².